The van der Waals surface area contributed by atoms with Gasteiger partial charge in [0.1, 0.15) is 5.82 Å². The Morgan fingerprint density at radius 2 is 2.00 bits per heavy atom. The molecule has 1 aliphatic heterocycles. The largest absolute Gasteiger partial charge is 0.462 e. The molecule has 3 rings (SSSR count). The lowest BCUT2D eigenvalue weighted by Crippen LogP contribution is -2.40. The van der Waals surface area contributed by atoms with Crippen LogP contribution < -0.4 is 5.32 Å². The molecule has 1 N–H and O–H groups in total. The Balaban J connectivity index is 1.59. The molecule has 1 saturated heterocycles. The summed E-state index contributed by atoms with van der Waals surface area (Å²) in [5.41, 5.74) is 1.53. The molecule has 1 atom stereocenters. The van der Waals surface area contributed by atoms with Crippen LogP contribution in [-0.2, 0) is 16.1 Å². The van der Waals surface area contributed by atoms with Crippen LogP contribution in [0.5, 0.6) is 0 Å². The Labute approximate surface area is 174 Å². The van der Waals surface area contributed by atoms with Gasteiger partial charge in [-0.15, -0.1) is 0 Å². The summed E-state index contributed by atoms with van der Waals surface area (Å²) in [7, 11) is 0. The van der Waals surface area contributed by atoms with Crippen molar-refractivity contribution in [3.63, 3.8) is 0 Å². The maximum Gasteiger partial charge on any atom is 0.338 e. The van der Waals surface area contributed by atoms with E-state index in [9.17, 15) is 14.0 Å². The van der Waals surface area contributed by atoms with Crippen molar-refractivity contribution in [2.75, 3.05) is 25.0 Å². The molecule has 0 spiro atoms. The lowest BCUT2D eigenvalue weighted by atomic mass is 9.96. The molecule has 0 aromatic heterocycles. The predicted molar refractivity (Wildman–Crippen MR) is 110 cm³/mol. The number of rotatable bonds is 6. The Morgan fingerprint density at radius 1 is 1.24 bits per heavy atom. The van der Waals surface area contributed by atoms with E-state index in [2.05, 4.69) is 10.2 Å². The fraction of sp³-hybridized carbons (Fsp3) is 0.364. The molecule has 2 aromatic rings. The highest BCUT2D eigenvalue weighted by atomic mass is 35.5. The van der Waals surface area contributed by atoms with E-state index in [1.807, 2.05) is 0 Å². The van der Waals surface area contributed by atoms with Crippen molar-refractivity contribution in [2.45, 2.75) is 26.3 Å². The molecule has 1 unspecified atom stereocenters. The first-order chi connectivity index (χ1) is 14.0. The van der Waals surface area contributed by atoms with Gasteiger partial charge in [-0.05, 0) is 62.7 Å². The summed E-state index contributed by atoms with van der Waals surface area (Å²) in [6.45, 7) is 3.78. The minimum absolute atomic E-state index is 0.0850. The molecule has 1 fully saturated rings. The van der Waals surface area contributed by atoms with Gasteiger partial charge in [0.25, 0.3) is 0 Å². The van der Waals surface area contributed by atoms with Crippen LogP contribution in [0.15, 0.2) is 42.5 Å². The SMILES string of the molecule is CCOC(=O)c1ccc(NC(=O)C2CCCN(Cc3c(F)cccc3Cl)C2)cc1. The summed E-state index contributed by atoms with van der Waals surface area (Å²) in [6, 6.07) is 11.3. The van der Waals surface area contributed by atoms with Gasteiger partial charge in [0.2, 0.25) is 5.91 Å². The van der Waals surface area contributed by atoms with E-state index >= 15 is 0 Å². The molecule has 0 saturated carbocycles. The summed E-state index contributed by atoms with van der Waals surface area (Å²) in [6.07, 6.45) is 1.63. The molecule has 1 amide bonds. The molecule has 5 nitrogen and oxygen atoms in total. The molecular formula is C22H24ClFN2O3. The second-order valence-electron chi connectivity index (χ2n) is 7.06. The number of anilines is 1. The van der Waals surface area contributed by atoms with E-state index in [0.717, 1.165) is 19.4 Å². The fourth-order valence-electron chi connectivity index (χ4n) is 3.47. The van der Waals surface area contributed by atoms with E-state index in [4.69, 9.17) is 16.3 Å². The van der Waals surface area contributed by atoms with Gasteiger partial charge < -0.3 is 10.1 Å². The second kappa shape index (κ2) is 9.85. The third-order valence-corrected chi connectivity index (χ3v) is 5.34. The number of benzene rings is 2. The standard InChI is InChI=1S/C22H24ClFN2O3/c1-2-29-22(28)15-8-10-17(11-9-15)25-21(27)16-5-4-12-26(13-16)14-18-19(23)6-3-7-20(18)24/h3,6-11,16H,2,4-5,12-14H2,1H3,(H,25,27). The number of carbonyl (C=O) groups excluding carboxylic acids is 2. The molecule has 0 aliphatic carbocycles. The van der Waals surface area contributed by atoms with E-state index in [1.54, 1.807) is 43.3 Å². The first kappa shape index (κ1) is 21.3. The minimum Gasteiger partial charge on any atom is -0.462 e. The van der Waals surface area contributed by atoms with Crippen LogP contribution in [-0.4, -0.2) is 36.5 Å². The Bertz CT molecular complexity index is 853. The highest BCUT2D eigenvalue weighted by Crippen LogP contribution is 2.25. The number of carbonyl (C=O) groups is 2. The van der Waals surface area contributed by atoms with Crippen molar-refractivity contribution in [1.82, 2.24) is 4.90 Å². The number of hydrogen-bond donors (Lipinski definition) is 1. The zero-order chi connectivity index (χ0) is 20.8. The molecule has 7 heteroatoms. The number of hydrogen-bond acceptors (Lipinski definition) is 4. The highest BCUT2D eigenvalue weighted by Gasteiger charge is 2.27. The smallest absolute Gasteiger partial charge is 0.338 e. The van der Waals surface area contributed by atoms with Crippen LogP contribution in [0, 0.1) is 11.7 Å². The van der Waals surface area contributed by atoms with Gasteiger partial charge in [-0.2, -0.15) is 0 Å². The number of nitrogens with one attached hydrogen (secondary N) is 1. The van der Waals surface area contributed by atoms with Gasteiger partial charge in [-0.1, -0.05) is 17.7 Å². The van der Waals surface area contributed by atoms with E-state index in [1.165, 1.54) is 6.07 Å². The van der Waals surface area contributed by atoms with Crippen molar-refractivity contribution in [3.05, 3.63) is 64.4 Å². The van der Waals surface area contributed by atoms with Crippen molar-refractivity contribution < 1.29 is 18.7 Å². The normalized spacial score (nSPS) is 17.0. The van der Waals surface area contributed by atoms with Gasteiger partial charge in [-0.25, -0.2) is 9.18 Å². The summed E-state index contributed by atoms with van der Waals surface area (Å²) in [5, 5.41) is 3.30. The number of esters is 1. The van der Waals surface area contributed by atoms with Crippen molar-refractivity contribution >= 4 is 29.2 Å². The Morgan fingerprint density at radius 3 is 2.69 bits per heavy atom. The summed E-state index contributed by atoms with van der Waals surface area (Å²) in [5.74, 6) is -0.997. The van der Waals surface area contributed by atoms with Gasteiger partial charge >= 0.3 is 5.97 Å². The maximum absolute atomic E-state index is 14.1. The third kappa shape index (κ3) is 5.55. The molecular weight excluding hydrogens is 395 g/mol. The Hall–Kier alpha value is -2.44. The van der Waals surface area contributed by atoms with Crippen molar-refractivity contribution in [2.24, 2.45) is 5.92 Å². The van der Waals surface area contributed by atoms with Crippen LogP contribution in [0.4, 0.5) is 10.1 Å². The van der Waals surface area contributed by atoms with Gasteiger partial charge in [0, 0.05) is 29.4 Å². The predicted octanol–water partition coefficient (Wildman–Crippen LogP) is 4.51. The van der Waals surface area contributed by atoms with E-state index in [-0.39, 0.29) is 23.6 Å². The zero-order valence-corrected chi connectivity index (χ0v) is 17.0. The highest BCUT2D eigenvalue weighted by molar-refractivity contribution is 6.31. The van der Waals surface area contributed by atoms with Crippen LogP contribution in [0.3, 0.4) is 0 Å². The number of ether oxygens (including phenoxy) is 1. The van der Waals surface area contributed by atoms with Gasteiger partial charge in [-0.3, -0.25) is 9.69 Å². The topological polar surface area (TPSA) is 58.6 Å². The molecule has 1 heterocycles. The van der Waals surface area contributed by atoms with E-state index < -0.39 is 0 Å². The molecule has 0 bridgehead atoms. The zero-order valence-electron chi connectivity index (χ0n) is 16.3. The average Bonchev–Trinajstić information content (AvgIpc) is 2.72. The molecule has 2 aromatic carbocycles. The second-order valence-corrected chi connectivity index (χ2v) is 7.47. The lowest BCUT2D eigenvalue weighted by molar-refractivity contribution is -0.121. The monoisotopic (exact) mass is 418 g/mol. The number of likely N-dealkylation sites (tertiary alicyclic amines) is 1. The molecule has 1 aliphatic rings. The number of halogens is 2. The Kier molecular flexibility index (Phi) is 7.23. The van der Waals surface area contributed by atoms with Crippen molar-refractivity contribution in [3.8, 4) is 0 Å². The van der Waals surface area contributed by atoms with Crippen LogP contribution in [0.1, 0.15) is 35.7 Å². The molecule has 154 valence electrons. The van der Waals surface area contributed by atoms with Crippen LogP contribution >= 0.6 is 11.6 Å². The average molecular weight is 419 g/mol. The number of nitrogens with zero attached hydrogens (tertiary/aromatic N) is 1. The first-order valence-corrected chi connectivity index (χ1v) is 10.1. The first-order valence-electron chi connectivity index (χ1n) is 9.71. The molecule has 29 heavy (non-hydrogen) atoms. The van der Waals surface area contributed by atoms with Gasteiger partial charge in [0.15, 0.2) is 0 Å². The van der Waals surface area contributed by atoms with E-state index in [0.29, 0.717) is 41.5 Å². The van der Waals surface area contributed by atoms with Crippen LogP contribution in [0.25, 0.3) is 0 Å². The third-order valence-electron chi connectivity index (χ3n) is 4.98. The van der Waals surface area contributed by atoms with Crippen LogP contribution in [0.2, 0.25) is 5.02 Å². The minimum atomic E-state index is -0.389. The summed E-state index contributed by atoms with van der Waals surface area (Å²) < 4.78 is 19.0. The maximum atomic E-state index is 14.1. The lowest BCUT2D eigenvalue weighted by Gasteiger charge is -2.32. The summed E-state index contributed by atoms with van der Waals surface area (Å²) in [4.78, 5) is 26.5. The summed E-state index contributed by atoms with van der Waals surface area (Å²) >= 11 is 6.13. The van der Waals surface area contributed by atoms with Gasteiger partial charge in [0.05, 0.1) is 18.1 Å². The number of piperidine rings is 1. The molecule has 0 radical (unpaired) electrons. The number of amides is 1. The fourth-order valence-corrected chi connectivity index (χ4v) is 3.69. The quantitative estimate of drug-likeness (QED) is 0.701. The van der Waals surface area contributed by atoms with Crippen molar-refractivity contribution in [1.29, 1.82) is 0 Å².